The van der Waals surface area contributed by atoms with Gasteiger partial charge < -0.3 is 15.8 Å². The van der Waals surface area contributed by atoms with Crippen LogP contribution >= 0.6 is 12.2 Å². The number of carbonyl (C=O) groups is 1. The molecule has 0 fully saturated rings. The number of thiocarbonyl (C=S) groups is 1. The number of amides is 1. The molecule has 5 nitrogen and oxygen atoms in total. The quantitative estimate of drug-likeness (QED) is 0.786. The van der Waals surface area contributed by atoms with Crippen LogP contribution in [0.3, 0.4) is 0 Å². The largest absolute Gasteiger partial charge is 0.494 e. The third-order valence-corrected chi connectivity index (χ3v) is 3.34. The van der Waals surface area contributed by atoms with Gasteiger partial charge in [0.25, 0.3) is 5.91 Å². The van der Waals surface area contributed by atoms with E-state index in [0.717, 1.165) is 0 Å². The third kappa shape index (κ3) is 2.95. The van der Waals surface area contributed by atoms with Crippen molar-refractivity contribution in [2.24, 2.45) is 5.73 Å². The molecule has 0 saturated carbocycles. The van der Waals surface area contributed by atoms with E-state index < -0.39 is 5.54 Å². The molecule has 0 aromatic carbocycles. The molecule has 1 amide bonds. The second-order valence-corrected chi connectivity index (χ2v) is 4.52. The first kappa shape index (κ1) is 14.4. The Bertz CT molecular complexity index is 464. The summed E-state index contributed by atoms with van der Waals surface area (Å²) >= 11 is 4.98. The maximum atomic E-state index is 12.2. The highest BCUT2D eigenvalue weighted by atomic mass is 32.1. The van der Waals surface area contributed by atoms with Gasteiger partial charge in [0, 0.05) is 6.20 Å². The molecular formula is C12H17N3O2S. The van der Waals surface area contributed by atoms with Crippen LogP contribution in [0.25, 0.3) is 0 Å². The van der Waals surface area contributed by atoms with Crippen molar-refractivity contribution in [3.63, 3.8) is 0 Å². The van der Waals surface area contributed by atoms with Gasteiger partial charge in [-0.25, -0.2) is 0 Å². The molecule has 0 radical (unpaired) electrons. The number of hydrogen-bond donors (Lipinski definition) is 2. The average Bonchev–Trinajstić information content (AvgIpc) is 2.38. The molecule has 98 valence electrons. The van der Waals surface area contributed by atoms with Crippen molar-refractivity contribution >= 4 is 23.1 Å². The first-order chi connectivity index (χ1) is 8.44. The smallest absolute Gasteiger partial charge is 0.255 e. The van der Waals surface area contributed by atoms with Gasteiger partial charge in [-0.05, 0) is 19.4 Å². The summed E-state index contributed by atoms with van der Waals surface area (Å²) in [5.41, 5.74) is 5.35. The molecule has 0 saturated heterocycles. The lowest BCUT2D eigenvalue weighted by Gasteiger charge is -2.28. The van der Waals surface area contributed by atoms with E-state index in [0.29, 0.717) is 17.7 Å². The highest BCUT2D eigenvalue weighted by Gasteiger charge is 2.28. The number of pyridine rings is 1. The summed E-state index contributed by atoms with van der Waals surface area (Å²) in [6.45, 7) is 3.70. The standard InChI is InChI=1S/C12H17N3O2S/c1-4-12(2,11(13)18)15-10(16)8-5-6-14-7-9(8)17-3/h5-7H,4H2,1-3H3,(H2,13,18)(H,15,16). The van der Waals surface area contributed by atoms with E-state index >= 15 is 0 Å². The lowest BCUT2D eigenvalue weighted by atomic mass is 9.98. The number of aromatic nitrogens is 1. The Labute approximate surface area is 112 Å². The molecule has 1 atom stereocenters. The summed E-state index contributed by atoms with van der Waals surface area (Å²) in [4.78, 5) is 16.3. The SMILES string of the molecule is CCC(C)(NC(=O)c1ccncc1OC)C(N)=S. The Morgan fingerprint density at radius 2 is 2.33 bits per heavy atom. The van der Waals surface area contributed by atoms with E-state index in [2.05, 4.69) is 10.3 Å². The Hall–Kier alpha value is -1.69. The van der Waals surface area contributed by atoms with Gasteiger partial charge in [0.2, 0.25) is 0 Å². The van der Waals surface area contributed by atoms with Crippen molar-refractivity contribution in [3.05, 3.63) is 24.0 Å². The molecule has 0 aliphatic carbocycles. The molecule has 0 aliphatic heterocycles. The normalized spacial score (nSPS) is 13.5. The minimum absolute atomic E-state index is 0.256. The minimum atomic E-state index is -0.708. The van der Waals surface area contributed by atoms with Crippen molar-refractivity contribution in [1.82, 2.24) is 10.3 Å². The highest BCUT2D eigenvalue weighted by Crippen LogP contribution is 2.18. The Morgan fingerprint density at radius 1 is 1.67 bits per heavy atom. The van der Waals surface area contributed by atoms with E-state index in [1.807, 2.05) is 6.92 Å². The maximum Gasteiger partial charge on any atom is 0.255 e. The van der Waals surface area contributed by atoms with Gasteiger partial charge in [0.15, 0.2) is 0 Å². The van der Waals surface area contributed by atoms with Gasteiger partial charge in [-0.3, -0.25) is 9.78 Å². The van der Waals surface area contributed by atoms with E-state index in [-0.39, 0.29) is 10.9 Å². The van der Waals surface area contributed by atoms with E-state index in [9.17, 15) is 4.79 Å². The Balaban J connectivity index is 2.98. The second-order valence-electron chi connectivity index (χ2n) is 4.08. The first-order valence-electron chi connectivity index (χ1n) is 5.55. The Morgan fingerprint density at radius 3 is 2.83 bits per heavy atom. The fourth-order valence-electron chi connectivity index (χ4n) is 1.37. The van der Waals surface area contributed by atoms with Crippen molar-refractivity contribution in [1.29, 1.82) is 0 Å². The van der Waals surface area contributed by atoms with E-state index in [4.69, 9.17) is 22.7 Å². The van der Waals surface area contributed by atoms with Gasteiger partial charge in [0.05, 0.1) is 29.4 Å². The summed E-state index contributed by atoms with van der Waals surface area (Å²) in [5.74, 6) is 0.128. The lowest BCUT2D eigenvalue weighted by Crippen LogP contribution is -2.54. The molecule has 0 aliphatic rings. The molecule has 18 heavy (non-hydrogen) atoms. The van der Waals surface area contributed by atoms with Crippen LogP contribution in [0.2, 0.25) is 0 Å². The zero-order chi connectivity index (χ0) is 13.8. The molecule has 1 heterocycles. The van der Waals surface area contributed by atoms with E-state index in [1.54, 1.807) is 13.0 Å². The van der Waals surface area contributed by atoms with Gasteiger partial charge in [0.1, 0.15) is 5.75 Å². The van der Waals surface area contributed by atoms with Crippen molar-refractivity contribution < 1.29 is 9.53 Å². The van der Waals surface area contributed by atoms with Crippen LogP contribution in [0.4, 0.5) is 0 Å². The van der Waals surface area contributed by atoms with Crippen LogP contribution in [0, 0.1) is 0 Å². The fraction of sp³-hybridized carbons (Fsp3) is 0.417. The van der Waals surface area contributed by atoms with Crippen LogP contribution in [0.1, 0.15) is 30.6 Å². The van der Waals surface area contributed by atoms with Crippen molar-refractivity contribution in [2.45, 2.75) is 25.8 Å². The highest BCUT2D eigenvalue weighted by molar-refractivity contribution is 7.80. The molecule has 6 heteroatoms. The number of carbonyl (C=O) groups excluding carboxylic acids is 1. The summed E-state index contributed by atoms with van der Waals surface area (Å²) < 4.78 is 5.09. The van der Waals surface area contributed by atoms with Crippen molar-refractivity contribution in [3.8, 4) is 5.75 Å². The number of ether oxygens (including phenoxy) is 1. The van der Waals surface area contributed by atoms with Gasteiger partial charge >= 0.3 is 0 Å². The summed E-state index contributed by atoms with van der Waals surface area (Å²) in [7, 11) is 1.49. The molecule has 1 aromatic heterocycles. The first-order valence-corrected chi connectivity index (χ1v) is 5.96. The Kier molecular flexibility index (Phi) is 4.61. The number of rotatable bonds is 5. The zero-order valence-corrected chi connectivity index (χ0v) is 11.5. The molecule has 1 unspecified atom stereocenters. The minimum Gasteiger partial charge on any atom is -0.494 e. The van der Waals surface area contributed by atoms with Crippen LogP contribution in [-0.2, 0) is 0 Å². The predicted octanol–water partition coefficient (Wildman–Crippen LogP) is 1.27. The van der Waals surface area contributed by atoms with Gasteiger partial charge in [-0.2, -0.15) is 0 Å². The molecule has 3 N–H and O–H groups in total. The van der Waals surface area contributed by atoms with Crippen LogP contribution in [-0.4, -0.2) is 28.5 Å². The second kappa shape index (κ2) is 5.77. The number of nitrogens with two attached hydrogens (primary N) is 1. The monoisotopic (exact) mass is 267 g/mol. The number of methoxy groups -OCH3 is 1. The van der Waals surface area contributed by atoms with Gasteiger partial charge in [-0.1, -0.05) is 19.1 Å². The summed E-state index contributed by atoms with van der Waals surface area (Å²) in [5, 5.41) is 2.82. The molecule has 1 rings (SSSR count). The third-order valence-electron chi connectivity index (χ3n) is 2.89. The topological polar surface area (TPSA) is 77.2 Å². The number of nitrogens with one attached hydrogen (secondary N) is 1. The average molecular weight is 267 g/mol. The van der Waals surface area contributed by atoms with Crippen LogP contribution < -0.4 is 15.8 Å². The van der Waals surface area contributed by atoms with Crippen molar-refractivity contribution in [2.75, 3.05) is 7.11 Å². The van der Waals surface area contributed by atoms with Gasteiger partial charge in [-0.15, -0.1) is 0 Å². The number of hydrogen-bond acceptors (Lipinski definition) is 4. The number of nitrogens with zero attached hydrogens (tertiary/aromatic N) is 1. The van der Waals surface area contributed by atoms with Crippen LogP contribution in [0.15, 0.2) is 18.5 Å². The summed E-state index contributed by atoms with van der Waals surface area (Å²) in [6.07, 6.45) is 3.63. The molecular weight excluding hydrogens is 250 g/mol. The van der Waals surface area contributed by atoms with E-state index in [1.165, 1.54) is 19.5 Å². The summed E-state index contributed by atoms with van der Waals surface area (Å²) in [6, 6.07) is 1.59. The molecule has 0 bridgehead atoms. The lowest BCUT2D eigenvalue weighted by molar-refractivity contribution is 0.0923. The predicted molar refractivity (Wildman–Crippen MR) is 73.7 cm³/mol. The molecule has 0 spiro atoms. The van der Waals surface area contributed by atoms with Crippen LogP contribution in [0.5, 0.6) is 5.75 Å². The maximum absolute atomic E-state index is 12.2. The zero-order valence-electron chi connectivity index (χ0n) is 10.7. The molecule has 1 aromatic rings. The fourth-order valence-corrected chi connectivity index (χ4v) is 1.57.